The molecule has 0 spiro atoms. The number of fused-ring (bicyclic) bond motifs is 4. The highest BCUT2D eigenvalue weighted by Gasteiger charge is 2.29. The minimum absolute atomic E-state index is 0.0489. The predicted molar refractivity (Wildman–Crippen MR) is 170 cm³/mol. The van der Waals surface area contributed by atoms with Crippen molar-refractivity contribution in [3.05, 3.63) is 87.3 Å². The predicted octanol–water partition coefficient (Wildman–Crippen LogP) is 3.37. The van der Waals surface area contributed by atoms with E-state index in [4.69, 9.17) is 4.42 Å². The molecule has 2 atom stereocenters. The van der Waals surface area contributed by atoms with Crippen LogP contribution in [-0.2, 0) is 18.3 Å². The lowest BCUT2D eigenvalue weighted by molar-refractivity contribution is -0.122. The molecule has 3 N–H and O–H groups in total. The summed E-state index contributed by atoms with van der Waals surface area (Å²) >= 11 is 1.28. The first-order valence-electron chi connectivity index (χ1n) is 15.2. The highest BCUT2D eigenvalue weighted by molar-refractivity contribution is 7.09. The topological polar surface area (TPSA) is 164 Å². The van der Waals surface area contributed by atoms with E-state index in [0.717, 1.165) is 5.56 Å². The Morgan fingerprint density at radius 1 is 1.07 bits per heavy atom. The first-order valence-corrected chi connectivity index (χ1v) is 16.1. The van der Waals surface area contributed by atoms with Crippen LogP contribution in [0.25, 0.3) is 0 Å². The quantitative estimate of drug-likeness (QED) is 0.304. The number of carbonyl (C=O) groups is 4. The molecule has 4 bridgehead atoms. The van der Waals surface area contributed by atoms with Crippen LogP contribution >= 0.6 is 11.3 Å². The lowest BCUT2D eigenvalue weighted by atomic mass is 10.0. The van der Waals surface area contributed by atoms with Crippen LogP contribution in [-0.4, -0.2) is 67.9 Å². The number of rotatable bonds is 4. The summed E-state index contributed by atoms with van der Waals surface area (Å²) in [5.74, 6) is -0.852. The zero-order chi connectivity index (χ0) is 32.8. The third kappa shape index (κ3) is 7.68. The van der Waals surface area contributed by atoms with Crippen molar-refractivity contribution in [2.75, 3.05) is 19.6 Å². The van der Waals surface area contributed by atoms with E-state index in [-0.39, 0.29) is 67.0 Å². The number of nitrogens with zero attached hydrogens (tertiary/aromatic N) is 5. The minimum atomic E-state index is -0.634. The zero-order valence-electron chi connectivity index (χ0n) is 26.3. The van der Waals surface area contributed by atoms with Gasteiger partial charge in [0, 0.05) is 51.1 Å². The molecule has 1 aliphatic heterocycles. The molecule has 1 aromatic carbocycles. The Hall–Kier alpha value is -4.85. The first-order chi connectivity index (χ1) is 22.1. The van der Waals surface area contributed by atoms with Crippen LogP contribution < -0.4 is 16.0 Å². The minimum Gasteiger partial charge on any atom is -0.443 e. The molecular formula is C32H38N8O5S. The second kappa shape index (κ2) is 14.5. The average Bonchev–Trinajstić information content (AvgIpc) is 3.78. The Kier molecular flexibility index (Phi) is 10.3. The average molecular weight is 647 g/mol. The van der Waals surface area contributed by atoms with Crippen molar-refractivity contribution in [3.8, 4) is 0 Å². The van der Waals surface area contributed by atoms with Gasteiger partial charge < -0.3 is 25.3 Å². The summed E-state index contributed by atoms with van der Waals surface area (Å²) in [6.07, 6.45) is 2.43. The van der Waals surface area contributed by atoms with Crippen molar-refractivity contribution in [1.82, 2.24) is 40.6 Å². The summed E-state index contributed by atoms with van der Waals surface area (Å²) in [4.78, 5) is 63.9. The van der Waals surface area contributed by atoms with Gasteiger partial charge in [0.2, 0.25) is 11.8 Å². The summed E-state index contributed by atoms with van der Waals surface area (Å²) < 4.78 is 7.49. The van der Waals surface area contributed by atoms with E-state index in [2.05, 4.69) is 31.0 Å². The van der Waals surface area contributed by atoms with E-state index >= 15 is 0 Å². The van der Waals surface area contributed by atoms with Gasteiger partial charge in [0.1, 0.15) is 28.2 Å². The second-order valence-corrected chi connectivity index (χ2v) is 12.4. The molecule has 0 fully saturated rings. The lowest BCUT2D eigenvalue weighted by Gasteiger charge is -2.23. The number of aryl methyl sites for hydroxylation is 2. The monoisotopic (exact) mass is 646 g/mol. The van der Waals surface area contributed by atoms with Gasteiger partial charge in [-0.05, 0) is 30.9 Å². The molecule has 4 aromatic rings. The Balaban J connectivity index is 1.46. The van der Waals surface area contributed by atoms with Gasteiger partial charge in [-0.3, -0.25) is 23.9 Å². The maximum Gasteiger partial charge on any atom is 0.274 e. The van der Waals surface area contributed by atoms with E-state index in [0.29, 0.717) is 29.3 Å². The van der Waals surface area contributed by atoms with Crippen molar-refractivity contribution in [3.63, 3.8) is 0 Å². The number of amides is 4. The third-order valence-electron chi connectivity index (χ3n) is 7.74. The van der Waals surface area contributed by atoms with E-state index in [1.807, 2.05) is 44.2 Å². The van der Waals surface area contributed by atoms with Gasteiger partial charge in [-0.1, -0.05) is 44.2 Å². The number of hydrogen-bond acceptors (Lipinski definition) is 9. The summed E-state index contributed by atoms with van der Waals surface area (Å²) in [5, 5.41) is 15.2. The summed E-state index contributed by atoms with van der Waals surface area (Å²) in [7, 11) is 1.69. The standard InChI is InChI=1S/C32H38N8O5S/c1-19(2)26-31-36-23(18-46-31)28(42)33-14-16-40(32(44)24-12-13-34-39(24)4)15-8-11-25(41)35-22(17-21-9-6-5-7-10-21)30-38-27(20(3)45-30)29(43)37-26/h5-7,9-10,12-13,18-19,22,26H,8,11,14-17H2,1-4H3,(H,33,42)(H,35,41)(H,37,43)/t22-,26-/m0/s1. The summed E-state index contributed by atoms with van der Waals surface area (Å²) in [6, 6.07) is 10.1. The van der Waals surface area contributed by atoms with Crippen molar-refractivity contribution < 1.29 is 23.6 Å². The summed E-state index contributed by atoms with van der Waals surface area (Å²) in [5.41, 5.74) is 1.69. The van der Waals surface area contributed by atoms with Gasteiger partial charge in [0.15, 0.2) is 5.69 Å². The number of thiazole rings is 1. The van der Waals surface area contributed by atoms with Crippen molar-refractivity contribution in [2.45, 2.75) is 52.1 Å². The van der Waals surface area contributed by atoms with Crippen LogP contribution in [0.5, 0.6) is 0 Å². The van der Waals surface area contributed by atoms with Gasteiger partial charge in [-0.25, -0.2) is 9.97 Å². The van der Waals surface area contributed by atoms with Gasteiger partial charge in [-0.2, -0.15) is 5.10 Å². The SMILES string of the molecule is Cc1oc2nc1C(=O)N[C@@H](C(C)C)c1nc(cs1)C(=O)NCCN(C(=O)c1ccnn1C)CCCC(=O)N[C@H]2Cc1ccccc1. The Morgan fingerprint density at radius 3 is 2.57 bits per heavy atom. The molecule has 242 valence electrons. The number of carbonyl (C=O) groups excluding carboxylic acids is 4. The molecular weight excluding hydrogens is 608 g/mol. The van der Waals surface area contributed by atoms with Crippen LogP contribution in [0.4, 0.5) is 0 Å². The van der Waals surface area contributed by atoms with Crippen LogP contribution in [0.2, 0.25) is 0 Å². The fourth-order valence-electron chi connectivity index (χ4n) is 5.24. The van der Waals surface area contributed by atoms with Crippen molar-refractivity contribution in [1.29, 1.82) is 0 Å². The van der Waals surface area contributed by atoms with E-state index in [1.165, 1.54) is 16.0 Å². The molecule has 0 unspecified atom stereocenters. The molecule has 0 radical (unpaired) electrons. The number of benzene rings is 1. The molecule has 14 heteroatoms. The van der Waals surface area contributed by atoms with Crippen LogP contribution in [0.1, 0.15) is 92.5 Å². The fraction of sp³-hybridized carbons (Fsp3) is 0.406. The van der Waals surface area contributed by atoms with E-state index < -0.39 is 18.0 Å². The lowest BCUT2D eigenvalue weighted by Crippen LogP contribution is -2.40. The maximum absolute atomic E-state index is 13.5. The van der Waals surface area contributed by atoms with Crippen LogP contribution in [0, 0.1) is 12.8 Å². The molecule has 5 rings (SSSR count). The van der Waals surface area contributed by atoms with Gasteiger partial charge in [0.25, 0.3) is 17.7 Å². The van der Waals surface area contributed by atoms with Gasteiger partial charge in [0.05, 0.1) is 6.04 Å². The smallest absolute Gasteiger partial charge is 0.274 e. The Labute approximate surface area is 270 Å². The third-order valence-corrected chi connectivity index (χ3v) is 8.67. The molecule has 3 aromatic heterocycles. The normalized spacial score (nSPS) is 18.5. The molecule has 4 amide bonds. The number of nitrogens with one attached hydrogen (secondary N) is 3. The summed E-state index contributed by atoms with van der Waals surface area (Å²) in [6.45, 7) is 6.22. The highest BCUT2D eigenvalue weighted by Crippen LogP contribution is 2.27. The number of hydrogen-bond donors (Lipinski definition) is 3. The van der Waals surface area contributed by atoms with E-state index in [9.17, 15) is 19.2 Å². The van der Waals surface area contributed by atoms with Gasteiger partial charge in [-0.15, -0.1) is 11.3 Å². The Bertz CT molecular complexity index is 1690. The zero-order valence-corrected chi connectivity index (χ0v) is 27.1. The second-order valence-electron chi connectivity index (χ2n) is 11.5. The molecule has 0 saturated carbocycles. The highest BCUT2D eigenvalue weighted by atomic mass is 32.1. The molecule has 4 heterocycles. The molecule has 13 nitrogen and oxygen atoms in total. The number of aromatic nitrogens is 4. The first kappa shape index (κ1) is 32.5. The molecule has 0 saturated heterocycles. The fourth-order valence-corrected chi connectivity index (χ4v) is 6.26. The number of oxazole rings is 1. The maximum atomic E-state index is 13.5. The Morgan fingerprint density at radius 2 is 1.85 bits per heavy atom. The molecule has 0 aliphatic carbocycles. The van der Waals surface area contributed by atoms with Crippen LogP contribution in [0.3, 0.4) is 0 Å². The van der Waals surface area contributed by atoms with Crippen LogP contribution in [0.15, 0.2) is 52.4 Å². The molecule has 1 aliphatic rings. The largest absolute Gasteiger partial charge is 0.443 e. The van der Waals surface area contributed by atoms with Gasteiger partial charge >= 0.3 is 0 Å². The van der Waals surface area contributed by atoms with Crippen molar-refractivity contribution >= 4 is 35.0 Å². The van der Waals surface area contributed by atoms with E-state index in [1.54, 1.807) is 36.5 Å². The van der Waals surface area contributed by atoms with Crippen molar-refractivity contribution in [2.24, 2.45) is 13.0 Å². The molecule has 46 heavy (non-hydrogen) atoms.